The number of fused-ring (bicyclic) bond motifs is 1. The Hall–Kier alpha value is -2.64. The number of anilines is 1. The van der Waals surface area contributed by atoms with Crippen LogP contribution in [0.2, 0.25) is 5.02 Å². The van der Waals surface area contributed by atoms with Crippen LogP contribution in [-0.4, -0.2) is 39.9 Å². The number of hydrogen-bond acceptors (Lipinski definition) is 5. The van der Waals surface area contributed by atoms with E-state index in [-0.39, 0.29) is 11.9 Å². The van der Waals surface area contributed by atoms with Gasteiger partial charge < -0.3 is 15.4 Å². The summed E-state index contributed by atoms with van der Waals surface area (Å²) in [6.45, 7) is 6.71. The van der Waals surface area contributed by atoms with E-state index in [0.29, 0.717) is 23.0 Å². The van der Waals surface area contributed by atoms with Crippen molar-refractivity contribution in [3.8, 4) is 0 Å². The number of amides is 1. The number of nitrogens with zero attached hydrogens (tertiary/aromatic N) is 3. The molecule has 1 aromatic carbocycles. The molecule has 0 spiro atoms. The number of halogens is 1. The Morgan fingerprint density at radius 2 is 2.03 bits per heavy atom. The van der Waals surface area contributed by atoms with Crippen LogP contribution in [-0.2, 0) is 17.8 Å². The number of carbonyl (C=O) groups is 1. The number of ether oxygens (including phenoxy) is 1. The third kappa shape index (κ3) is 4.51. The van der Waals surface area contributed by atoms with E-state index in [1.54, 1.807) is 0 Å². The van der Waals surface area contributed by atoms with Crippen LogP contribution < -0.4 is 10.6 Å². The van der Waals surface area contributed by atoms with Crippen LogP contribution in [0, 0.1) is 6.92 Å². The molecule has 2 aromatic heterocycles. The second-order valence-electron chi connectivity index (χ2n) is 9.36. The molecule has 8 heteroatoms. The molecule has 1 aliphatic carbocycles. The summed E-state index contributed by atoms with van der Waals surface area (Å²) >= 11 is 6.12. The molecular weight excluding hydrogens is 450 g/mol. The fourth-order valence-electron chi connectivity index (χ4n) is 4.86. The molecule has 1 aliphatic heterocycles. The number of benzene rings is 1. The molecule has 5 rings (SSSR count). The van der Waals surface area contributed by atoms with E-state index in [1.165, 1.54) is 6.42 Å². The molecule has 34 heavy (non-hydrogen) atoms. The standard InChI is InChI=1S/C26H32ClN5O2/c1-3-32-25-21(15-29-32)24(30-20-9-11-34-12-10-20)22(23(31-25)17-5-4-6-17)26(33)28-14-18-7-8-19(27)13-16(18)2/h7-8,13,15,17,20H,3-6,9-12,14H2,1-2H3,(H,28,33)(H,30,31). The summed E-state index contributed by atoms with van der Waals surface area (Å²) in [4.78, 5) is 18.8. The van der Waals surface area contributed by atoms with Gasteiger partial charge in [0, 0.05) is 43.3 Å². The van der Waals surface area contributed by atoms with Crippen molar-refractivity contribution in [1.82, 2.24) is 20.1 Å². The minimum Gasteiger partial charge on any atom is -0.381 e. The maximum absolute atomic E-state index is 13.8. The van der Waals surface area contributed by atoms with Crippen molar-refractivity contribution in [3.63, 3.8) is 0 Å². The number of carbonyl (C=O) groups excluding carboxylic acids is 1. The highest BCUT2D eigenvalue weighted by Crippen LogP contribution is 2.41. The van der Waals surface area contributed by atoms with E-state index in [9.17, 15) is 4.79 Å². The Labute approximate surface area is 205 Å². The summed E-state index contributed by atoms with van der Waals surface area (Å²) in [5.74, 6) is 0.210. The topological polar surface area (TPSA) is 81.1 Å². The first-order chi connectivity index (χ1) is 16.5. The summed E-state index contributed by atoms with van der Waals surface area (Å²) in [5.41, 5.74) is 5.40. The summed E-state index contributed by atoms with van der Waals surface area (Å²) in [6.07, 6.45) is 6.96. The van der Waals surface area contributed by atoms with E-state index >= 15 is 0 Å². The number of pyridine rings is 1. The highest BCUT2D eigenvalue weighted by molar-refractivity contribution is 6.30. The lowest BCUT2D eigenvalue weighted by atomic mass is 9.80. The fraction of sp³-hybridized carbons (Fsp3) is 0.500. The highest BCUT2D eigenvalue weighted by Gasteiger charge is 2.32. The van der Waals surface area contributed by atoms with Gasteiger partial charge in [-0.25, -0.2) is 9.67 Å². The molecule has 0 bridgehead atoms. The Balaban J connectivity index is 1.55. The van der Waals surface area contributed by atoms with Gasteiger partial charge in [0.15, 0.2) is 5.65 Å². The smallest absolute Gasteiger partial charge is 0.255 e. The SMILES string of the molecule is CCn1ncc2c(NC3CCOCC3)c(C(=O)NCc3ccc(Cl)cc3C)c(C3CCC3)nc21. The minimum absolute atomic E-state index is 0.0931. The van der Waals surface area contributed by atoms with Gasteiger partial charge in [-0.2, -0.15) is 5.10 Å². The molecule has 1 saturated heterocycles. The molecule has 2 N–H and O–H groups in total. The molecule has 3 heterocycles. The van der Waals surface area contributed by atoms with Crippen LogP contribution in [0.1, 0.15) is 72.1 Å². The van der Waals surface area contributed by atoms with Crippen LogP contribution >= 0.6 is 11.6 Å². The average Bonchev–Trinajstić information content (AvgIpc) is 3.21. The summed E-state index contributed by atoms with van der Waals surface area (Å²) in [7, 11) is 0. The first-order valence-corrected chi connectivity index (χ1v) is 12.7. The number of hydrogen-bond donors (Lipinski definition) is 2. The third-order valence-corrected chi connectivity index (χ3v) is 7.38. The van der Waals surface area contributed by atoms with Gasteiger partial charge in [0.1, 0.15) is 0 Å². The van der Waals surface area contributed by atoms with E-state index in [0.717, 1.165) is 79.0 Å². The average molecular weight is 482 g/mol. The van der Waals surface area contributed by atoms with Crippen molar-refractivity contribution in [1.29, 1.82) is 0 Å². The predicted octanol–water partition coefficient (Wildman–Crippen LogP) is 5.20. The van der Waals surface area contributed by atoms with Crippen LogP contribution in [0.4, 0.5) is 5.69 Å². The Kier molecular flexibility index (Phi) is 6.75. The molecule has 3 aromatic rings. The molecule has 2 aliphatic rings. The van der Waals surface area contributed by atoms with Crippen LogP contribution in [0.15, 0.2) is 24.4 Å². The van der Waals surface area contributed by atoms with Crippen LogP contribution in [0.5, 0.6) is 0 Å². The maximum atomic E-state index is 13.8. The van der Waals surface area contributed by atoms with Gasteiger partial charge >= 0.3 is 0 Å². The van der Waals surface area contributed by atoms with Crippen molar-refractivity contribution in [2.45, 2.75) is 71.0 Å². The lowest BCUT2D eigenvalue weighted by Crippen LogP contribution is -2.32. The van der Waals surface area contributed by atoms with E-state index in [1.807, 2.05) is 36.0 Å². The number of rotatable bonds is 7. The molecule has 1 amide bonds. The van der Waals surface area contributed by atoms with Crippen molar-refractivity contribution in [3.05, 3.63) is 51.8 Å². The number of aryl methyl sites for hydroxylation is 2. The zero-order valence-corrected chi connectivity index (χ0v) is 20.6. The highest BCUT2D eigenvalue weighted by atomic mass is 35.5. The molecule has 0 radical (unpaired) electrons. The molecule has 1 saturated carbocycles. The zero-order chi connectivity index (χ0) is 23.7. The molecular formula is C26H32ClN5O2. The Morgan fingerprint density at radius 3 is 2.71 bits per heavy atom. The lowest BCUT2D eigenvalue weighted by Gasteiger charge is -2.30. The lowest BCUT2D eigenvalue weighted by molar-refractivity contribution is 0.0903. The van der Waals surface area contributed by atoms with Crippen LogP contribution in [0.25, 0.3) is 11.0 Å². The van der Waals surface area contributed by atoms with Crippen molar-refractivity contribution < 1.29 is 9.53 Å². The summed E-state index contributed by atoms with van der Waals surface area (Å²) in [6, 6.07) is 6.01. The maximum Gasteiger partial charge on any atom is 0.255 e. The molecule has 2 fully saturated rings. The summed E-state index contributed by atoms with van der Waals surface area (Å²) < 4.78 is 7.48. The molecule has 0 atom stereocenters. The first kappa shape index (κ1) is 23.1. The van der Waals surface area contributed by atoms with Crippen molar-refractivity contribution in [2.24, 2.45) is 0 Å². The van der Waals surface area contributed by atoms with Crippen LogP contribution in [0.3, 0.4) is 0 Å². The molecule has 7 nitrogen and oxygen atoms in total. The van der Waals surface area contributed by atoms with Gasteiger partial charge in [-0.3, -0.25) is 4.79 Å². The number of aromatic nitrogens is 3. The zero-order valence-electron chi connectivity index (χ0n) is 19.9. The quantitative estimate of drug-likeness (QED) is 0.484. The molecule has 0 unspecified atom stereocenters. The third-order valence-electron chi connectivity index (χ3n) is 7.15. The molecule has 180 valence electrons. The van der Waals surface area contributed by atoms with Gasteiger partial charge in [-0.15, -0.1) is 0 Å². The van der Waals surface area contributed by atoms with Gasteiger partial charge in [-0.05, 0) is 62.8 Å². The second-order valence-corrected chi connectivity index (χ2v) is 9.79. The summed E-state index contributed by atoms with van der Waals surface area (Å²) in [5, 5.41) is 13.1. The van der Waals surface area contributed by atoms with Gasteiger partial charge in [0.2, 0.25) is 0 Å². The fourth-order valence-corrected chi connectivity index (χ4v) is 5.09. The van der Waals surface area contributed by atoms with Crippen molar-refractivity contribution in [2.75, 3.05) is 18.5 Å². The van der Waals surface area contributed by atoms with E-state index < -0.39 is 0 Å². The van der Waals surface area contributed by atoms with Gasteiger partial charge in [0.25, 0.3) is 5.91 Å². The van der Waals surface area contributed by atoms with E-state index in [4.69, 9.17) is 21.3 Å². The van der Waals surface area contributed by atoms with E-state index in [2.05, 4.69) is 22.7 Å². The second kappa shape index (κ2) is 9.92. The van der Waals surface area contributed by atoms with Gasteiger partial charge in [-0.1, -0.05) is 24.1 Å². The van der Waals surface area contributed by atoms with Crippen molar-refractivity contribution >= 4 is 34.2 Å². The predicted molar refractivity (Wildman–Crippen MR) is 135 cm³/mol. The van der Waals surface area contributed by atoms with Gasteiger partial charge in [0.05, 0.1) is 28.5 Å². The normalized spacial score (nSPS) is 17.0. The Morgan fingerprint density at radius 1 is 1.24 bits per heavy atom. The first-order valence-electron chi connectivity index (χ1n) is 12.3. The largest absolute Gasteiger partial charge is 0.381 e. The number of nitrogens with one attached hydrogen (secondary N) is 2. The minimum atomic E-state index is -0.0931. The monoisotopic (exact) mass is 481 g/mol. The Bertz CT molecular complexity index is 1200.